The standard InChI is InChI=1S/C26H29N3O3/c1-32-23-12-5-4-11-22(23)28-25(30)17-13-15-29(16-14-17)26(31)20-9-6-8-19-18-7-2-3-10-21(18)27-24(19)20/h4-6,8-9,11-12,17,27H,2-3,7,10,13-16H2,1H3,(H,28,30). The number of hydrogen-bond donors (Lipinski definition) is 2. The Kier molecular flexibility index (Phi) is 5.60. The van der Waals surface area contributed by atoms with Crippen LogP contribution < -0.4 is 10.1 Å². The summed E-state index contributed by atoms with van der Waals surface area (Å²) < 4.78 is 5.33. The molecule has 2 heterocycles. The van der Waals surface area contributed by atoms with E-state index in [-0.39, 0.29) is 17.7 Å². The molecule has 0 spiro atoms. The van der Waals surface area contributed by atoms with Crippen molar-refractivity contribution in [2.45, 2.75) is 38.5 Å². The van der Waals surface area contributed by atoms with Gasteiger partial charge < -0.3 is 19.9 Å². The number of nitrogens with zero attached hydrogens (tertiary/aromatic N) is 1. The van der Waals surface area contributed by atoms with Crippen LogP contribution in [0.4, 0.5) is 5.69 Å². The average molecular weight is 432 g/mol. The molecule has 2 aliphatic rings. The van der Waals surface area contributed by atoms with Crippen LogP contribution >= 0.6 is 0 Å². The lowest BCUT2D eigenvalue weighted by Crippen LogP contribution is -2.41. The summed E-state index contributed by atoms with van der Waals surface area (Å²) in [4.78, 5) is 31.6. The van der Waals surface area contributed by atoms with E-state index >= 15 is 0 Å². The van der Waals surface area contributed by atoms with Crippen molar-refractivity contribution >= 4 is 28.4 Å². The minimum Gasteiger partial charge on any atom is -0.495 e. The van der Waals surface area contributed by atoms with E-state index < -0.39 is 0 Å². The summed E-state index contributed by atoms with van der Waals surface area (Å²) in [6.07, 6.45) is 5.87. The minimum atomic E-state index is -0.113. The van der Waals surface area contributed by atoms with E-state index in [2.05, 4.69) is 16.4 Å². The molecule has 6 nitrogen and oxygen atoms in total. The smallest absolute Gasteiger partial charge is 0.255 e. The highest BCUT2D eigenvalue weighted by Gasteiger charge is 2.29. The molecule has 2 amide bonds. The largest absolute Gasteiger partial charge is 0.495 e. The van der Waals surface area contributed by atoms with Gasteiger partial charge in [-0.15, -0.1) is 0 Å². The van der Waals surface area contributed by atoms with Crippen molar-refractivity contribution in [3.8, 4) is 5.75 Å². The van der Waals surface area contributed by atoms with Crippen LogP contribution in [0, 0.1) is 5.92 Å². The minimum absolute atomic E-state index is 0.0132. The predicted molar refractivity (Wildman–Crippen MR) is 125 cm³/mol. The first-order valence-corrected chi connectivity index (χ1v) is 11.5. The third kappa shape index (κ3) is 3.74. The van der Waals surface area contributed by atoms with Gasteiger partial charge in [0.05, 0.1) is 23.9 Å². The summed E-state index contributed by atoms with van der Waals surface area (Å²) in [6.45, 7) is 1.17. The summed E-state index contributed by atoms with van der Waals surface area (Å²) in [5.41, 5.74) is 5.07. The highest BCUT2D eigenvalue weighted by molar-refractivity contribution is 6.07. The molecule has 1 fully saturated rings. The Labute approximate surface area is 187 Å². The van der Waals surface area contributed by atoms with Gasteiger partial charge in [-0.2, -0.15) is 0 Å². The first-order chi connectivity index (χ1) is 15.7. The molecule has 0 unspecified atom stereocenters. The number of methoxy groups -OCH3 is 1. The van der Waals surface area contributed by atoms with E-state index in [0.29, 0.717) is 37.4 Å². The molecule has 2 N–H and O–H groups in total. The number of fused-ring (bicyclic) bond motifs is 3. The van der Waals surface area contributed by atoms with Gasteiger partial charge in [0.25, 0.3) is 5.91 Å². The third-order valence-electron chi connectivity index (χ3n) is 6.88. The SMILES string of the molecule is COc1ccccc1NC(=O)C1CCN(C(=O)c2cccc3c4c([nH]c23)CCCC4)CC1. The topological polar surface area (TPSA) is 74.4 Å². The third-order valence-corrected chi connectivity index (χ3v) is 6.88. The zero-order chi connectivity index (χ0) is 22.1. The predicted octanol–water partition coefficient (Wildman–Crippen LogP) is 4.55. The van der Waals surface area contributed by atoms with Crippen molar-refractivity contribution in [2.24, 2.45) is 5.92 Å². The number of nitrogens with one attached hydrogen (secondary N) is 2. The molecule has 3 aromatic rings. The Balaban J connectivity index is 1.27. The molecule has 0 bridgehead atoms. The van der Waals surface area contributed by atoms with Crippen LogP contribution in [-0.2, 0) is 17.6 Å². The second-order valence-corrected chi connectivity index (χ2v) is 8.77. The van der Waals surface area contributed by atoms with Crippen LogP contribution in [0.5, 0.6) is 5.75 Å². The van der Waals surface area contributed by atoms with Gasteiger partial charge in [-0.05, 0) is 62.3 Å². The van der Waals surface area contributed by atoms with Crippen LogP contribution in [0.3, 0.4) is 0 Å². The van der Waals surface area contributed by atoms with E-state index in [4.69, 9.17) is 4.74 Å². The number of likely N-dealkylation sites (tertiary alicyclic amines) is 1. The number of ether oxygens (including phenoxy) is 1. The van der Waals surface area contributed by atoms with Gasteiger partial charge in [0.2, 0.25) is 5.91 Å². The van der Waals surface area contributed by atoms with Gasteiger partial charge in [0, 0.05) is 30.1 Å². The lowest BCUT2D eigenvalue weighted by molar-refractivity contribution is -0.121. The normalized spacial score (nSPS) is 16.6. The molecule has 1 saturated heterocycles. The number of para-hydroxylation sites is 3. The maximum Gasteiger partial charge on any atom is 0.255 e. The molecule has 1 aliphatic carbocycles. The molecule has 2 aromatic carbocycles. The van der Waals surface area contributed by atoms with Crippen LogP contribution in [0.25, 0.3) is 10.9 Å². The Bertz CT molecular complexity index is 1160. The number of carbonyl (C=O) groups is 2. The number of aryl methyl sites for hydroxylation is 2. The van der Waals surface area contributed by atoms with Crippen molar-refractivity contribution in [1.29, 1.82) is 0 Å². The van der Waals surface area contributed by atoms with Crippen molar-refractivity contribution in [1.82, 2.24) is 9.88 Å². The Hall–Kier alpha value is -3.28. The summed E-state index contributed by atoms with van der Waals surface area (Å²) in [5.74, 6) is 0.575. The monoisotopic (exact) mass is 431 g/mol. The maximum absolute atomic E-state index is 13.4. The molecule has 0 saturated carbocycles. The molecule has 6 heteroatoms. The van der Waals surface area contributed by atoms with Crippen molar-refractivity contribution in [3.05, 3.63) is 59.3 Å². The second-order valence-electron chi connectivity index (χ2n) is 8.77. The highest BCUT2D eigenvalue weighted by Crippen LogP contribution is 2.32. The Morgan fingerprint density at radius 2 is 1.81 bits per heavy atom. The molecule has 5 rings (SSSR count). The van der Waals surface area contributed by atoms with E-state index in [1.54, 1.807) is 7.11 Å². The van der Waals surface area contributed by atoms with E-state index in [9.17, 15) is 9.59 Å². The van der Waals surface area contributed by atoms with Gasteiger partial charge in [0.1, 0.15) is 5.75 Å². The van der Waals surface area contributed by atoms with Gasteiger partial charge in [0.15, 0.2) is 0 Å². The van der Waals surface area contributed by atoms with Crippen LogP contribution in [-0.4, -0.2) is 41.9 Å². The molecule has 1 aromatic heterocycles. The van der Waals surface area contributed by atoms with Crippen LogP contribution in [0.2, 0.25) is 0 Å². The van der Waals surface area contributed by atoms with E-state index in [0.717, 1.165) is 23.9 Å². The summed E-state index contributed by atoms with van der Waals surface area (Å²) in [6, 6.07) is 13.5. The number of anilines is 1. The van der Waals surface area contributed by atoms with Crippen LogP contribution in [0.1, 0.15) is 47.3 Å². The van der Waals surface area contributed by atoms with Crippen molar-refractivity contribution in [3.63, 3.8) is 0 Å². The van der Waals surface area contributed by atoms with Gasteiger partial charge >= 0.3 is 0 Å². The number of amides is 2. The molecule has 166 valence electrons. The van der Waals surface area contributed by atoms with E-state index in [1.165, 1.54) is 29.5 Å². The number of aromatic nitrogens is 1. The molecule has 32 heavy (non-hydrogen) atoms. The van der Waals surface area contributed by atoms with Gasteiger partial charge in [-0.3, -0.25) is 9.59 Å². The van der Waals surface area contributed by atoms with Crippen molar-refractivity contribution in [2.75, 3.05) is 25.5 Å². The summed E-state index contributed by atoms with van der Waals surface area (Å²) >= 11 is 0. The van der Waals surface area contributed by atoms with Gasteiger partial charge in [-0.25, -0.2) is 0 Å². The summed E-state index contributed by atoms with van der Waals surface area (Å²) in [5, 5.41) is 4.18. The lowest BCUT2D eigenvalue weighted by atomic mass is 9.94. The van der Waals surface area contributed by atoms with Gasteiger partial charge in [-0.1, -0.05) is 24.3 Å². The van der Waals surface area contributed by atoms with Crippen LogP contribution in [0.15, 0.2) is 42.5 Å². The number of carbonyl (C=O) groups excluding carboxylic acids is 2. The fraction of sp³-hybridized carbons (Fsp3) is 0.385. The zero-order valence-electron chi connectivity index (χ0n) is 18.4. The fourth-order valence-corrected chi connectivity index (χ4v) is 5.11. The Morgan fingerprint density at radius 3 is 2.62 bits per heavy atom. The lowest BCUT2D eigenvalue weighted by Gasteiger charge is -2.31. The molecular formula is C26H29N3O3. The first-order valence-electron chi connectivity index (χ1n) is 11.5. The summed E-state index contributed by atoms with van der Waals surface area (Å²) in [7, 11) is 1.59. The quantitative estimate of drug-likeness (QED) is 0.637. The number of H-pyrrole nitrogens is 1. The number of benzene rings is 2. The fourth-order valence-electron chi connectivity index (χ4n) is 5.11. The maximum atomic E-state index is 13.4. The molecule has 1 aliphatic heterocycles. The number of piperidine rings is 1. The highest BCUT2D eigenvalue weighted by atomic mass is 16.5. The first kappa shape index (κ1) is 20.6. The average Bonchev–Trinajstić information content (AvgIpc) is 3.23. The number of aromatic amines is 1. The molecule has 0 radical (unpaired) electrons. The molecule has 0 atom stereocenters. The Morgan fingerprint density at radius 1 is 1.03 bits per heavy atom. The number of rotatable bonds is 4. The zero-order valence-corrected chi connectivity index (χ0v) is 18.4. The van der Waals surface area contributed by atoms with E-state index in [1.807, 2.05) is 41.3 Å². The molecular weight excluding hydrogens is 402 g/mol. The second kappa shape index (κ2) is 8.69. The van der Waals surface area contributed by atoms with Crippen molar-refractivity contribution < 1.29 is 14.3 Å². The number of hydrogen-bond acceptors (Lipinski definition) is 3.